The first-order valence-corrected chi connectivity index (χ1v) is 8.08. The molecule has 1 unspecified atom stereocenters. The third-order valence-corrected chi connectivity index (χ3v) is 4.00. The maximum atomic E-state index is 5.88. The van der Waals surface area contributed by atoms with Gasteiger partial charge in [-0.3, -0.25) is 4.68 Å². The van der Waals surface area contributed by atoms with Crippen molar-refractivity contribution in [1.82, 2.24) is 15.1 Å². The van der Waals surface area contributed by atoms with Crippen LogP contribution in [0.4, 0.5) is 0 Å². The maximum Gasteiger partial charge on any atom is 0.119 e. The van der Waals surface area contributed by atoms with E-state index in [9.17, 15) is 0 Å². The monoisotopic (exact) mass is 371 g/mol. The summed E-state index contributed by atoms with van der Waals surface area (Å²) >= 11 is 9.43. The van der Waals surface area contributed by atoms with Gasteiger partial charge in [-0.25, -0.2) is 0 Å². The lowest BCUT2D eigenvalue weighted by molar-refractivity contribution is 0.260. The van der Waals surface area contributed by atoms with E-state index in [-0.39, 0.29) is 6.04 Å². The SMILES string of the molecule is CCCNC(COc1ccc(Cl)cc1)c1c(Br)cnn1C. The van der Waals surface area contributed by atoms with Gasteiger partial charge in [0.25, 0.3) is 0 Å². The zero-order valence-corrected chi connectivity index (χ0v) is 14.5. The van der Waals surface area contributed by atoms with Crippen LogP contribution in [0.3, 0.4) is 0 Å². The Balaban J connectivity index is 2.08. The molecule has 1 atom stereocenters. The van der Waals surface area contributed by atoms with E-state index in [0.717, 1.165) is 28.9 Å². The molecule has 1 aromatic heterocycles. The molecule has 0 aliphatic heterocycles. The Morgan fingerprint density at radius 2 is 2.10 bits per heavy atom. The lowest BCUT2D eigenvalue weighted by atomic mass is 10.2. The Morgan fingerprint density at radius 1 is 1.38 bits per heavy atom. The average Bonchev–Trinajstić information content (AvgIpc) is 2.81. The van der Waals surface area contributed by atoms with Crippen LogP contribution < -0.4 is 10.1 Å². The minimum absolute atomic E-state index is 0.0718. The maximum absolute atomic E-state index is 5.88. The molecule has 0 amide bonds. The third-order valence-electron chi connectivity index (χ3n) is 3.14. The standard InChI is InChI=1S/C15H19BrClN3O/c1-3-8-18-14(15-13(16)9-19-20(15)2)10-21-12-6-4-11(17)5-7-12/h4-7,9,14,18H,3,8,10H2,1-2H3. The van der Waals surface area contributed by atoms with Crippen LogP contribution in [0.2, 0.25) is 5.02 Å². The fraction of sp³-hybridized carbons (Fsp3) is 0.400. The Labute approximate surface area is 138 Å². The van der Waals surface area contributed by atoms with Crippen LogP contribution >= 0.6 is 27.5 Å². The Kier molecular flexibility index (Phi) is 6.08. The highest BCUT2D eigenvalue weighted by Crippen LogP contribution is 2.24. The predicted molar refractivity (Wildman–Crippen MR) is 88.9 cm³/mol. The van der Waals surface area contributed by atoms with Gasteiger partial charge in [-0.05, 0) is 53.2 Å². The Hall–Kier alpha value is -1.04. The van der Waals surface area contributed by atoms with E-state index in [0.29, 0.717) is 11.6 Å². The van der Waals surface area contributed by atoms with Gasteiger partial charge in [0.05, 0.1) is 22.4 Å². The van der Waals surface area contributed by atoms with Crippen LogP contribution in [0.15, 0.2) is 34.9 Å². The molecule has 0 radical (unpaired) electrons. The number of ether oxygens (including phenoxy) is 1. The van der Waals surface area contributed by atoms with Crippen molar-refractivity contribution in [2.45, 2.75) is 19.4 Å². The predicted octanol–water partition coefficient (Wildman–Crippen LogP) is 3.96. The minimum Gasteiger partial charge on any atom is -0.492 e. The number of aromatic nitrogens is 2. The van der Waals surface area contributed by atoms with E-state index in [2.05, 4.69) is 33.3 Å². The number of hydrogen-bond donors (Lipinski definition) is 1. The second kappa shape index (κ2) is 7.82. The molecule has 1 N–H and O–H groups in total. The fourth-order valence-corrected chi connectivity index (χ4v) is 2.83. The summed E-state index contributed by atoms with van der Waals surface area (Å²) < 4.78 is 8.72. The molecule has 0 aliphatic rings. The van der Waals surface area contributed by atoms with Gasteiger partial charge >= 0.3 is 0 Å². The number of rotatable bonds is 7. The molecule has 0 fully saturated rings. The zero-order valence-electron chi connectivity index (χ0n) is 12.1. The Bertz CT molecular complexity index is 551. The number of aryl methyl sites for hydroxylation is 1. The number of nitrogens with zero attached hydrogens (tertiary/aromatic N) is 2. The molecule has 0 bridgehead atoms. The molecule has 1 aromatic carbocycles. The largest absolute Gasteiger partial charge is 0.492 e. The molecule has 2 rings (SSSR count). The lowest BCUT2D eigenvalue weighted by Crippen LogP contribution is -2.29. The summed E-state index contributed by atoms with van der Waals surface area (Å²) in [6.45, 7) is 3.59. The number of hydrogen-bond acceptors (Lipinski definition) is 3. The molecule has 0 saturated carbocycles. The molecule has 21 heavy (non-hydrogen) atoms. The second-order valence-electron chi connectivity index (χ2n) is 4.77. The molecular formula is C15H19BrClN3O. The molecule has 2 aromatic rings. The lowest BCUT2D eigenvalue weighted by Gasteiger charge is -2.20. The molecule has 4 nitrogen and oxygen atoms in total. The van der Waals surface area contributed by atoms with Crippen LogP contribution in [0.1, 0.15) is 25.1 Å². The summed E-state index contributed by atoms with van der Waals surface area (Å²) in [4.78, 5) is 0. The average molecular weight is 373 g/mol. The van der Waals surface area contributed by atoms with Crippen molar-refractivity contribution in [2.24, 2.45) is 7.05 Å². The fourth-order valence-electron chi connectivity index (χ4n) is 2.08. The summed E-state index contributed by atoms with van der Waals surface area (Å²) in [6, 6.07) is 7.47. The molecule has 1 heterocycles. The first-order chi connectivity index (χ1) is 10.1. The van der Waals surface area contributed by atoms with Crippen molar-refractivity contribution in [2.75, 3.05) is 13.2 Å². The highest BCUT2D eigenvalue weighted by molar-refractivity contribution is 9.10. The first-order valence-electron chi connectivity index (χ1n) is 6.91. The smallest absolute Gasteiger partial charge is 0.119 e. The summed E-state index contributed by atoms with van der Waals surface area (Å²) in [7, 11) is 1.93. The highest BCUT2D eigenvalue weighted by Gasteiger charge is 2.19. The second-order valence-corrected chi connectivity index (χ2v) is 6.06. The van der Waals surface area contributed by atoms with E-state index in [1.165, 1.54) is 0 Å². The van der Waals surface area contributed by atoms with Crippen molar-refractivity contribution in [3.8, 4) is 5.75 Å². The Morgan fingerprint density at radius 3 is 2.67 bits per heavy atom. The van der Waals surface area contributed by atoms with Crippen LogP contribution in [0.25, 0.3) is 0 Å². The summed E-state index contributed by atoms with van der Waals surface area (Å²) in [5.41, 5.74) is 1.08. The number of halogens is 2. The normalized spacial score (nSPS) is 12.4. The van der Waals surface area contributed by atoms with E-state index in [1.807, 2.05) is 36.0 Å². The molecule has 6 heteroatoms. The van der Waals surface area contributed by atoms with Crippen molar-refractivity contribution >= 4 is 27.5 Å². The topological polar surface area (TPSA) is 39.1 Å². The molecule has 0 saturated heterocycles. The van der Waals surface area contributed by atoms with E-state index >= 15 is 0 Å². The zero-order chi connectivity index (χ0) is 15.2. The van der Waals surface area contributed by atoms with Crippen LogP contribution in [-0.4, -0.2) is 22.9 Å². The van der Waals surface area contributed by atoms with Crippen LogP contribution in [0.5, 0.6) is 5.75 Å². The molecule has 114 valence electrons. The van der Waals surface area contributed by atoms with E-state index in [4.69, 9.17) is 16.3 Å². The van der Waals surface area contributed by atoms with Gasteiger partial charge in [0.15, 0.2) is 0 Å². The van der Waals surface area contributed by atoms with Gasteiger partial charge in [-0.15, -0.1) is 0 Å². The molecule has 0 spiro atoms. The summed E-state index contributed by atoms with van der Waals surface area (Å²) in [5, 5.41) is 8.47. The van der Waals surface area contributed by atoms with Gasteiger partial charge in [0, 0.05) is 12.1 Å². The van der Waals surface area contributed by atoms with E-state index < -0.39 is 0 Å². The van der Waals surface area contributed by atoms with Gasteiger partial charge < -0.3 is 10.1 Å². The van der Waals surface area contributed by atoms with Gasteiger partial charge in [0.2, 0.25) is 0 Å². The number of benzene rings is 1. The molecular weight excluding hydrogens is 354 g/mol. The summed E-state index contributed by atoms with van der Waals surface area (Å²) in [6.07, 6.45) is 2.87. The molecule has 0 aliphatic carbocycles. The number of nitrogens with one attached hydrogen (secondary N) is 1. The van der Waals surface area contributed by atoms with Crippen molar-refractivity contribution < 1.29 is 4.74 Å². The first kappa shape index (κ1) is 16.3. The minimum atomic E-state index is 0.0718. The summed E-state index contributed by atoms with van der Waals surface area (Å²) in [5.74, 6) is 0.806. The van der Waals surface area contributed by atoms with Crippen molar-refractivity contribution in [1.29, 1.82) is 0 Å². The van der Waals surface area contributed by atoms with Gasteiger partial charge in [0.1, 0.15) is 12.4 Å². The highest BCUT2D eigenvalue weighted by atomic mass is 79.9. The van der Waals surface area contributed by atoms with Crippen molar-refractivity contribution in [3.05, 3.63) is 45.7 Å². The third kappa shape index (κ3) is 4.46. The van der Waals surface area contributed by atoms with Crippen LogP contribution in [0, 0.1) is 0 Å². The van der Waals surface area contributed by atoms with Gasteiger partial charge in [-0.1, -0.05) is 18.5 Å². The van der Waals surface area contributed by atoms with Crippen molar-refractivity contribution in [3.63, 3.8) is 0 Å². The van der Waals surface area contributed by atoms with E-state index in [1.54, 1.807) is 6.20 Å². The van der Waals surface area contributed by atoms with Crippen LogP contribution in [-0.2, 0) is 7.05 Å². The quantitative estimate of drug-likeness (QED) is 0.799. The van der Waals surface area contributed by atoms with Gasteiger partial charge in [-0.2, -0.15) is 5.10 Å².